The maximum absolute atomic E-state index is 11.6. The van der Waals surface area contributed by atoms with Crippen LogP contribution in [0.25, 0.3) is 0 Å². The van der Waals surface area contributed by atoms with E-state index in [1.807, 2.05) is 13.1 Å². The van der Waals surface area contributed by atoms with Crippen molar-refractivity contribution in [3.05, 3.63) is 23.9 Å². The van der Waals surface area contributed by atoms with Crippen LogP contribution in [-0.2, 0) is 16.4 Å². The molecule has 1 atom stereocenters. The van der Waals surface area contributed by atoms with E-state index in [4.69, 9.17) is 0 Å². The van der Waals surface area contributed by atoms with Crippen LogP contribution in [0.15, 0.2) is 23.3 Å². The minimum atomic E-state index is -2.90. The Bertz CT molecular complexity index is 746. The number of nitrogens with zero attached hydrogens (tertiary/aromatic N) is 3. The molecule has 2 fully saturated rings. The van der Waals surface area contributed by atoms with Gasteiger partial charge in [0.2, 0.25) is 0 Å². The average molecular weight is 521 g/mol. The first-order valence-corrected chi connectivity index (χ1v) is 11.7. The van der Waals surface area contributed by atoms with E-state index in [0.29, 0.717) is 18.9 Å². The third-order valence-corrected chi connectivity index (χ3v) is 7.02. The van der Waals surface area contributed by atoms with Gasteiger partial charge in [0.1, 0.15) is 5.82 Å². The van der Waals surface area contributed by atoms with Crippen LogP contribution in [0, 0.1) is 5.92 Å². The quantitative estimate of drug-likeness (QED) is 0.351. The highest BCUT2D eigenvalue weighted by Gasteiger charge is 2.28. The molecular weight excluding hydrogens is 489 g/mol. The largest absolute Gasteiger partial charge is 0.357 e. The molecule has 2 aliphatic rings. The summed E-state index contributed by atoms with van der Waals surface area (Å²) in [4.78, 5) is 11.5. The van der Waals surface area contributed by atoms with Gasteiger partial charge in [-0.1, -0.05) is 13.0 Å². The molecule has 158 valence electrons. The molecule has 7 nitrogen and oxygen atoms in total. The molecule has 2 N–H and O–H groups in total. The lowest BCUT2D eigenvalue weighted by atomic mass is 9.99. The third kappa shape index (κ3) is 6.75. The minimum absolute atomic E-state index is 0. The van der Waals surface area contributed by atoms with Crippen molar-refractivity contribution in [2.45, 2.75) is 45.7 Å². The molecule has 0 bridgehead atoms. The lowest BCUT2D eigenvalue weighted by molar-refractivity contribution is 0.436. The summed E-state index contributed by atoms with van der Waals surface area (Å²) in [5.74, 6) is 2.94. The molecule has 0 amide bonds. The normalized spacial score (nSPS) is 22.6. The van der Waals surface area contributed by atoms with E-state index in [9.17, 15) is 8.42 Å². The van der Waals surface area contributed by atoms with Gasteiger partial charge in [0.25, 0.3) is 0 Å². The number of anilines is 1. The van der Waals surface area contributed by atoms with Crippen LogP contribution in [0.4, 0.5) is 5.82 Å². The number of hydrogen-bond acceptors (Lipinski definition) is 5. The number of nitrogens with one attached hydrogen (secondary N) is 2. The Labute approximate surface area is 185 Å². The molecule has 0 spiro atoms. The van der Waals surface area contributed by atoms with Crippen molar-refractivity contribution < 1.29 is 8.42 Å². The second-order valence-electron chi connectivity index (χ2n) is 7.63. The van der Waals surface area contributed by atoms with Crippen molar-refractivity contribution in [2.24, 2.45) is 10.9 Å². The Kier molecular flexibility index (Phi) is 8.79. The number of piperidine rings is 1. The van der Waals surface area contributed by atoms with E-state index in [-0.39, 0.29) is 41.5 Å². The lowest BCUT2D eigenvalue weighted by Gasteiger charge is -2.31. The molecule has 0 aliphatic carbocycles. The van der Waals surface area contributed by atoms with Gasteiger partial charge in [0.05, 0.1) is 18.1 Å². The highest BCUT2D eigenvalue weighted by molar-refractivity contribution is 14.0. The predicted molar refractivity (Wildman–Crippen MR) is 125 cm³/mol. The summed E-state index contributed by atoms with van der Waals surface area (Å²) in [6, 6.07) is 4.09. The summed E-state index contributed by atoms with van der Waals surface area (Å²) in [6.45, 7) is 7.70. The average Bonchev–Trinajstić information content (AvgIpc) is 2.99. The zero-order chi connectivity index (χ0) is 19.3. The van der Waals surface area contributed by atoms with Gasteiger partial charge in [-0.25, -0.2) is 18.4 Å². The Balaban J connectivity index is 0.00000280. The first-order valence-electron chi connectivity index (χ1n) is 9.90. The number of pyridine rings is 1. The summed E-state index contributed by atoms with van der Waals surface area (Å²) in [5, 5.41) is 6.43. The van der Waals surface area contributed by atoms with Gasteiger partial charge in [-0.05, 0) is 43.7 Å². The molecule has 1 unspecified atom stereocenters. The zero-order valence-electron chi connectivity index (χ0n) is 16.7. The first-order chi connectivity index (χ1) is 12.9. The molecule has 28 heavy (non-hydrogen) atoms. The lowest BCUT2D eigenvalue weighted by Crippen LogP contribution is -2.44. The van der Waals surface area contributed by atoms with Crippen molar-refractivity contribution >= 4 is 45.6 Å². The monoisotopic (exact) mass is 521 g/mol. The fourth-order valence-electron chi connectivity index (χ4n) is 3.53. The minimum Gasteiger partial charge on any atom is -0.357 e. The van der Waals surface area contributed by atoms with E-state index < -0.39 is 9.84 Å². The Morgan fingerprint density at radius 3 is 2.61 bits per heavy atom. The summed E-state index contributed by atoms with van der Waals surface area (Å²) >= 11 is 0. The van der Waals surface area contributed by atoms with Gasteiger partial charge in [-0.15, -0.1) is 24.0 Å². The number of rotatable bonds is 5. The SMILES string of the molecule is CCNC(=NCc1ccc(N2CCC(C)CC2)nc1)NC1CCS(=O)(=O)C1.I. The van der Waals surface area contributed by atoms with Gasteiger partial charge in [0, 0.05) is 31.9 Å². The highest BCUT2D eigenvalue weighted by atomic mass is 127. The molecule has 3 heterocycles. The summed E-state index contributed by atoms with van der Waals surface area (Å²) in [7, 11) is -2.90. The van der Waals surface area contributed by atoms with Crippen molar-refractivity contribution in [1.29, 1.82) is 0 Å². The molecule has 3 rings (SSSR count). The summed E-state index contributed by atoms with van der Waals surface area (Å²) in [5.41, 5.74) is 1.04. The number of aliphatic imine (C=N–C) groups is 1. The van der Waals surface area contributed by atoms with Crippen LogP contribution in [0.3, 0.4) is 0 Å². The first kappa shape index (κ1) is 23.2. The molecule has 0 radical (unpaired) electrons. The van der Waals surface area contributed by atoms with Gasteiger partial charge in [-0.3, -0.25) is 0 Å². The number of hydrogen-bond donors (Lipinski definition) is 2. The standard InChI is InChI=1S/C19H31N5O2S.HI/c1-3-20-19(23-17-8-11-27(25,26)14-17)22-13-16-4-5-18(21-12-16)24-9-6-15(2)7-10-24;/h4-5,12,15,17H,3,6-11,13-14H2,1-2H3,(H2,20,22,23);1H. The van der Waals surface area contributed by atoms with Crippen LogP contribution in [-0.4, -0.2) is 56.5 Å². The predicted octanol–water partition coefficient (Wildman–Crippen LogP) is 2.18. The number of guanidine groups is 1. The third-order valence-electron chi connectivity index (χ3n) is 5.25. The number of halogens is 1. The Morgan fingerprint density at radius 1 is 1.29 bits per heavy atom. The number of sulfone groups is 1. The van der Waals surface area contributed by atoms with Crippen molar-refractivity contribution in [2.75, 3.05) is 36.0 Å². The van der Waals surface area contributed by atoms with Crippen molar-refractivity contribution in [3.8, 4) is 0 Å². The fraction of sp³-hybridized carbons (Fsp3) is 0.684. The van der Waals surface area contributed by atoms with Gasteiger partial charge in [-0.2, -0.15) is 0 Å². The molecule has 1 aromatic heterocycles. The molecule has 2 aliphatic heterocycles. The zero-order valence-corrected chi connectivity index (χ0v) is 19.9. The second kappa shape index (κ2) is 10.6. The van der Waals surface area contributed by atoms with E-state index in [0.717, 1.165) is 36.9 Å². The molecular formula is C19H32IN5O2S. The molecule has 1 aromatic rings. The summed E-state index contributed by atoms with van der Waals surface area (Å²) in [6.07, 6.45) is 4.97. The molecule has 0 aromatic carbocycles. The van der Waals surface area contributed by atoms with Crippen LogP contribution in [0.5, 0.6) is 0 Å². The van der Waals surface area contributed by atoms with Crippen LogP contribution in [0.2, 0.25) is 0 Å². The number of aromatic nitrogens is 1. The van der Waals surface area contributed by atoms with E-state index in [1.54, 1.807) is 0 Å². The van der Waals surface area contributed by atoms with E-state index >= 15 is 0 Å². The van der Waals surface area contributed by atoms with Crippen molar-refractivity contribution in [1.82, 2.24) is 15.6 Å². The Hall–Kier alpha value is -1.10. The molecule has 9 heteroatoms. The molecule has 2 saturated heterocycles. The Morgan fingerprint density at radius 2 is 2.04 bits per heavy atom. The van der Waals surface area contributed by atoms with E-state index in [1.165, 1.54) is 12.8 Å². The smallest absolute Gasteiger partial charge is 0.191 e. The van der Waals surface area contributed by atoms with E-state index in [2.05, 4.69) is 44.6 Å². The van der Waals surface area contributed by atoms with Gasteiger partial charge in [0.15, 0.2) is 15.8 Å². The van der Waals surface area contributed by atoms with Gasteiger partial charge < -0.3 is 15.5 Å². The maximum Gasteiger partial charge on any atom is 0.191 e. The highest BCUT2D eigenvalue weighted by Crippen LogP contribution is 2.21. The fourth-order valence-corrected chi connectivity index (χ4v) is 5.20. The van der Waals surface area contributed by atoms with Crippen LogP contribution >= 0.6 is 24.0 Å². The van der Waals surface area contributed by atoms with Crippen LogP contribution in [0.1, 0.15) is 38.7 Å². The van der Waals surface area contributed by atoms with Gasteiger partial charge >= 0.3 is 0 Å². The van der Waals surface area contributed by atoms with Crippen molar-refractivity contribution in [3.63, 3.8) is 0 Å². The topological polar surface area (TPSA) is 86.7 Å². The summed E-state index contributed by atoms with van der Waals surface area (Å²) < 4.78 is 23.3. The molecule has 0 saturated carbocycles. The van der Waals surface area contributed by atoms with Crippen LogP contribution < -0.4 is 15.5 Å². The second-order valence-corrected chi connectivity index (χ2v) is 9.86. The maximum atomic E-state index is 11.6.